The van der Waals surface area contributed by atoms with Crippen molar-refractivity contribution in [3.05, 3.63) is 24.3 Å². The van der Waals surface area contributed by atoms with Gasteiger partial charge >= 0.3 is 0 Å². The summed E-state index contributed by atoms with van der Waals surface area (Å²) >= 11 is 0. The van der Waals surface area contributed by atoms with Crippen molar-refractivity contribution in [1.29, 1.82) is 0 Å². The molecular weight excluding hydrogens is 278 g/mol. The second-order valence-corrected chi connectivity index (χ2v) is 5.67. The van der Waals surface area contributed by atoms with E-state index in [0.29, 0.717) is 0 Å². The smallest absolute Gasteiger partial charge is 0.168 e. The number of fused-ring (bicyclic) bond motifs is 1. The zero-order valence-corrected chi connectivity index (χ0v) is 10.7. The summed E-state index contributed by atoms with van der Waals surface area (Å²) < 4.78 is 43.6. The van der Waals surface area contributed by atoms with Gasteiger partial charge in [-0.2, -0.15) is 0 Å². The summed E-state index contributed by atoms with van der Waals surface area (Å²) in [5, 5.41) is 10.2. The highest BCUT2D eigenvalue weighted by molar-refractivity contribution is 7.72. The molecule has 2 rings (SSSR count). The first-order valence-corrected chi connectivity index (χ1v) is 7.10. The number of hydrogen-bond donors (Lipinski definition) is 4. The van der Waals surface area contributed by atoms with E-state index in [4.69, 9.17) is 5.73 Å². The molecule has 0 aliphatic rings. The monoisotopic (exact) mass is 287 g/mol. The van der Waals surface area contributed by atoms with Crippen LogP contribution in [0.1, 0.15) is 0 Å². The molecule has 18 heavy (non-hydrogen) atoms. The van der Waals surface area contributed by atoms with Crippen molar-refractivity contribution in [2.24, 2.45) is 0 Å². The maximum absolute atomic E-state index is 10.9. The molecule has 0 saturated heterocycles. The highest BCUT2D eigenvalue weighted by Crippen LogP contribution is 2.33. The largest absolute Gasteiger partial charge is 0.507 e. The lowest BCUT2D eigenvalue weighted by molar-refractivity contribution is 0.480. The van der Waals surface area contributed by atoms with Crippen molar-refractivity contribution >= 4 is 37.9 Å². The van der Waals surface area contributed by atoms with E-state index in [0.717, 1.165) is 6.07 Å². The average Bonchev–Trinajstić information content (AvgIpc) is 2.27. The van der Waals surface area contributed by atoms with Gasteiger partial charge in [0.05, 0.1) is 9.79 Å². The van der Waals surface area contributed by atoms with Crippen molar-refractivity contribution in [3.63, 3.8) is 0 Å². The molecule has 6 nitrogen and oxygen atoms in total. The number of phenols is 1. The lowest BCUT2D eigenvalue weighted by Gasteiger charge is -2.06. The van der Waals surface area contributed by atoms with Crippen LogP contribution < -0.4 is 5.73 Å². The van der Waals surface area contributed by atoms with E-state index in [1.54, 1.807) is 0 Å². The van der Waals surface area contributed by atoms with Gasteiger partial charge in [0.15, 0.2) is 21.4 Å². The van der Waals surface area contributed by atoms with Crippen LogP contribution in [0.4, 0.5) is 5.69 Å². The number of hydrogen-bond acceptors (Lipinski definition) is 6. The molecule has 0 amide bonds. The zero-order valence-electron chi connectivity index (χ0n) is 8.86. The molecule has 8 heteroatoms. The average molecular weight is 287 g/mol. The Labute approximate surface area is 106 Å². The minimum Gasteiger partial charge on any atom is -0.507 e. The molecule has 0 saturated carbocycles. The number of thiol groups is 2. The Balaban J connectivity index is 2.93. The number of anilines is 1. The second kappa shape index (κ2) is 4.46. The third-order valence-corrected chi connectivity index (χ3v) is 3.81. The van der Waals surface area contributed by atoms with E-state index >= 15 is 0 Å². The van der Waals surface area contributed by atoms with Crippen LogP contribution in [0.15, 0.2) is 34.1 Å². The quantitative estimate of drug-likeness (QED) is 0.459. The van der Waals surface area contributed by atoms with Gasteiger partial charge in [-0.1, -0.05) is 0 Å². The Bertz CT molecular complexity index is 714. The number of nitrogens with two attached hydrogens (primary N) is 1. The molecule has 96 valence electrons. The van der Waals surface area contributed by atoms with Crippen LogP contribution in [0, 0.1) is 0 Å². The first-order chi connectivity index (χ1) is 8.40. The Morgan fingerprint density at radius 2 is 1.39 bits per heavy atom. The van der Waals surface area contributed by atoms with E-state index in [1.165, 1.54) is 18.2 Å². The fourth-order valence-electron chi connectivity index (χ4n) is 1.70. The number of benzene rings is 2. The van der Waals surface area contributed by atoms with Crippen molar-refractivity contribution in [3.8, 4) is 5.75 Å². The van der Waals surface area contributed by atoms with Crippen LogP contribution in [0.5, 0.6) is 5.75 Å². The third-order valence-electron chi connectivity index (χ3n) is 2.45. The molecule has 0 bridgehead atoms. The summed E-state index contributed by atoms with van der Waals surface area (Å²) in [5.41, 5.74) is 5.72. The highest BCUT2D eigenvalue weighted by atomic mass is 32.2. The molecule has 0 aromatic heterocycles. The fourth-order valence-corrected chi connectivity index (χ4v) is 2.67. The topological polar surface area (TPSA) is 115 Å². The van der Waals surface area contributed by atoms with Crippen LogP contribution in [-0.2, 0) is 21.4 Å². The van der Waals surface area contributed by atoms with Gasteiger partial charge in [0.1, 0.15) is 5.75 Å². The number of aromatic hydroxyl groups is 1. The third kappa shape index (κ3) is 2.12. The van der Waals surface area contributed by atoms with Crippen molar-refractivity contribution in [1.82, 2.24) is 0 Å². The molecule has 2 aromatic carbocycles. The zero-order chi connectivity index (χ0) is 13.4. The molecule has 3 N–H and O–H groups in total. The van der Waals surface area contributed by atoms with E-state index in [-0.39, 0.29) is 32.0 Å². The van der Waals surface area contributed by atoms with Crippen LogP contribution in [0.2, 0.25) is 0 Å². The van der Waals surface area contributed by atoms with Crippen LogP contribution in [-0.4, -0.2) is 21.9 Å². The van der Waals surface area contributed by atoms with Crippen LogP contribution >= 0.6 is 0 Å². The Kier molecular flexibility index (Phi) is 3.14. The van der Waals surface area contributed by atoms with Crippen molar-refractivity contribution < 1.29 is 21.9 Å². The number of phenolic OH excluding ortho intramolecular Hbond substituents is 1. The minimum absolute atomic E-state index is 0.0346. The van der Waals surface area contributed by atoms with Crippen LogP contribution in [0.25, 0.3) is 10.8 Å². The van der Waals surface area contributed by atoms with Crippen molar-refractivity contribution in [2.45, 2.75) is 9.79 Å². The maximum Gasteiger partial charge on any atom is 0.168 e. The second-order valence-electron chi connectivity index (χ2n) is 3.61. The number of nitrogen functional groups attached to an aromatic ring is 1. The predicted octanol–water partition coefficient (Wildman–Crippen LogP) is 0.0682. The highest BCUT2D eigenvalue weighted by Gasteiger charge is 2.10. The van der Waals surface area contributed by atoms with Gasteiger partial charge in [0.25, 0.3) is 0 Å². The maximum atomic E-state index is 10.9. The predicted molar refractivity (Wildman–Crippen MR) is 67.2 cm³/mol. The first kappa shape index (κ1) is 12.7. The van der Waals surface area contributed by atoms with Crippen molar-refractivity contribution in [2.75, 3.05) is 5.73 Å². The summed E-state index contributed by atoms with van der Waals surface area (Å²) in [4.78, 5) is -0.139. The Morgan fingerprint density at radius 3 is 1.89 bits per heavy atom. The van der Waals surface area contributed by atoms with Gasteiger partial charge in [-0.3, -0.25) is 0 Å². The summed E-state index contributed by atoms with van der Waals surface area (Å²) in [5.74, 6) is -0.299. The van der Waals surface area contributed by atoms with Gasteiger partial charge in [0.2, 0.25) is 0 Å². The molecule has 0 radical (unpaired) electrons. The van der Waals surface area contributed by atoms with Gasteiger partial charge in [-0.25, -0.2) is 16.8 Å². The van der Waals surface area contributed by atoms with Gasteiger partial charge in [0, 0.05) is 11.1 Å². The van der Waals surface area contributed by atoms with Gasteiger partial charge in [-0.15, -0.1) is 0 Å². The van der Waals surface area contributed by atoms with E-state index in [1.807, 2.05) is 0 Å². The molecule has 0 aliphatic heterocycles. The summed E-state index contributed by atoms with van der Waals surface area (Å²) in [6.45, 7) is 0. The molecule has 0 heterocycles. The normalized spacial score (nSPS) is 11.4. The Morgan fingerprint density at radius 1 is 0.889 bits per heavy atom. The molecule has 0 spiro atoms. The Hall–Kier alpha value is -1.80. The summed E-state index contributed by atoms with van der Waals surface area (Å²) in [6.07, 6.45) is 0. The molecule has 0 fully saturated rings. The van der Waals surface area contributed by atoms with Crippen LogP contribution in [0.3, 0.4) is 0 Å². The fraction of sp³-hybridized carbons (Fsp3) is 0. The summed E-state index contributed by atoms with van der Waals surface area (Å²) in [6, 6.07) is 4.81. The number of rotatable bonds is 2. The standard InChI is InChI=1S/C10H9NO5S2/c11-8-3-6(17(13)14)1-5-2-7(18(15)16)4-9(12)10(5)8/h1-4,12,17-18H,11H2. The lowest BCUT2D eigenvalue weighted by Crippen LogP contribution is -1.92. The SMILES string of the molecule is Nc1cc([SH](=O)=O)cc2cc([SH](=O)=O)cc(O)c12. The molecule has 2 aromatic rings. The van der Waals surface area contributed by atoms with E-state index < -0.39 is 21.4 Å². The van der Waals surface area contributed by atoms with E-state index in [9.17, 15) is 21.9 Å². The first-order valence-electron chi connectivity index (χ1n) is 4.75. The minimum atomic E-state index is -2.87. The molecule has 0 aliphatic carbocycles. The summed E-state index contributed by atoms with van der Waals surface area (Å²) in [7, 11) is -5.70. The van der Waals surface area contributed by atoms with Gasteiger partial charge in [-0.05, 0) is 29.7 Å². The molecular formula is C10H9NO5S2. The van der Waals surface area contributed by atoms with E-state index in [2.05, 4.69) is 0 Å². The van der Waals surface area contributed by atoms with Gasteiger partial charge < -0.3 is 10.8 Å². The molecule has 0 atom stereocenters. The molecule has 0 unspecified atom stereocenters. The lowest BCUT2D eigenvalue weighted by atomic mass is 10.1.